The highest BCUT2D eigenvalue weighted by Crippen LogP contribution is 2.34. The molecule has 0 unspecified atom stereocenters. The van der Waals surface area contributed by atoms with Crippen LogP contribution in [-0.4, -0.2) is 10.9 Å². The molecule has 21 heavy (non-hydrogen) atoms. The fourth-order valence-corrected chi connectivity index (χ4v) is 1.79. The van der Waals surface area contributed by atoms with E-state index < -0.39 is 23.3 Å². The van der Waals surface area contributed by atoms with Crippen LogP contribution in [0.2, 0.25) is 0 Å². The third-order valence-corrected chi connectivity index (χ3v) is 2.86. The van der Waals surface area contributed by atoms with Crippen molar-refractivity contribution in [2.24, 2.45) is 0 Å². The fraction of sp³-hybridized carbons (Fsp3) is 0.143. The van der Waals surface area contributed by atoms with Crippen LogP contribution in [0.5, 0.6) is 0 Å². The molecule has 0 saturated carbocycles. The Morgan fingerprint density at radius 2 is 1.86 bits per heavy atom. The lowest BCUT2D eigenvalue weighted by molar-refractivity contribution is -0.136. The largest absolute Gasteiger partial charge is 0.418 e. The summed E-state index contributed by atoms with van der Waals surface area (Å²) >= 11 is 0. The number of nitrogens with two attached hydrogens (primary N) is 1. The molecule has 0 aliphatic carbocycles. The molecule has 1 aromatic heterocycles. The number of anilines is 1. The second kappa shape index (κ2) is 5.82. The molecule has 4 nitrogen and oxygen atoms in total. The Kier molecular flexibility index (Phi) is 4.11. The molecule has 1 amide bonds. The molecule has 3 N–H and O–H groups in total. The van der Waals surface area contributed by atoms with E-state index in [9.17, 15) is 18.0 Å². The number of hydrogen-bond donors (Lipinski definition) is 2. The van der Waals surface area contributed by atoms with Crippen molar-refractivity contribution in [2.45, 2.75) is 12.7 Å². The van der Waals surface area contributed by atoms with Gasteiger partial charge in [0, 0.05) is 18.9 Å². The van der Waals surface area contributed by atoms with Gasteiger partial charge in [-0.05, 0) is 29.8 Å². The number of aromatic nitrogens is 1. The van der Waals surface area contributed by atoms with Crippen molar-refractivity contribution in [3.8, 4) is 0 Å². The van der Waals surface area contributed by atoms with Gasteiger partial charge in [0.1, 0.15) is 0 Å². The Morgan fingerprint density at radius 1 is 1.19 bits per heavy atom. The van der Waals surface area contributed by atoms with E-state index in [0.29, 0.717) is 0 Å². The first-order valence-corrected chi connectivity index (χ1v) is 6.02. The number of amides is 1. The van der Waals surface area contributed by atoms with Gasteiger partial charge in [-0.25, -0.2) is 0 Å². The number of carbonyl (C=O) groups is 1. The first kappa shape index (κ1) is 14.8. The van der Waals surface area contributed by atoms with E-state index in [2.05, 4.69) is 10.3 Å². The number of nitrogens with one attached hydrogen (secondary N) is 1. The topological polar surface area (TPSA) is 68.0 Å². The summed E-state index contributed by atoms with van der Waals surface area (Å²) in [4.78, 5) is 15.8. The number of para-hydroxylation sites is 1. The molecule has 7 heteroatoms. The maximum atomic E-state index is 12.7. The number of rotatable bonds is 3. The summed E-state index contributed by atoms with van der Waals surface area (Å²) in [5, 5.41) is 2.52. The van der Waals surface area contributed by atoms with Crippen LogP contribution >= 0.6 is 0 Å². The van der Waals surface area contributed by atoms with Gasteiger partial charge in [-0.15, -0.1) is 0 Å². The molecule has 110 valence electrons. The molecule has 1 aromatic carbocycles. The van der Waals surface area contributed by atoms with E-state index in [1.807, 2.05) is 0 Å². The van der Waals surface area contributed by atoms with Crippen LogP contribution in [0.4, 0.5) is 18.9 Å². The van der Waals surface area contributed by atoms with Crippen LogP contribution in [0.15, 0.2) is 42.7 Å². The van der Waals surface area contributed by atoms with Crippen molar-refractivity contribution in [1.82, 2.24) is 10.3 Å². The Morgan fingerprint density at radius 3 is 2.48 bits per heavy atom. The summed E-state index contributed by atoms with van der Waals surface area (Å²) in [7, 11) is 0. The highest BCUT2D eigenvalue weighted by molar-refractivity contribution is 5.99. The lowest BCUT2D eigenvalue weighted by Gasteiger charge is -2.13. The van der Waals surface area contributed by atoms with Gasteiger partial charge in [0.2, 0.25) is 0 Å². The molecule has 2 aromatic rings. The second-order valence-electron chi connectivity index (χ2n) is 4.30. The van der Waals surface area contributed by atoms with Gasteiger partial charge in [-0.3, -0.25) is 9.78 Å². The van der Waals surface area contributed by atoms with Gasteiger partial charge in [-0.2, -0.15) is 13.2 Å². The van der Waals surface area contributed by atoms with Crippen molar-refractivity contribution in [3.63, 3.8) is 0 Å². The Bertz CT molecular complexity index is 642. The number of carbonyl (C=O) groups excluding carboxylic acids is 1. The molecule has 0 radical (unpaired) electrons. The Balaban J connectivity index is 2.17. The van der Waals surface area contributed by atoms with E-state index in [-0.39, 0.29) is 12.1 Å². The zero-order valence-corrected chi connectivity index (χ0v) is 10.8. The molecule has 0 fully saturated rings. The highest BCUT2D eigenvalue weighted by atomic mass is 19.4. The number of pyridine rings is 1. The van der Waals surface area contributed by atoms with Crippen molar-refractivity contribution >= 4 is 11.6 Å². The van der Waals surface area contributed by atoms with Crippen LogP contribution in [0, 0.1) is 0 Å². The maximum Gasteiger partial charge on any atom is 0.418 e. The van der Waals surface area contributed by atoms with E-state index >= 15 is 0 Å². The summed E-state index contributed by atoms with van der Waals surface area (Å²) in [6.45, 7) is 0.178. The second-order valence-corrected chi connectivity index (χ2v) is 4.30. The first-order chi connectivity index (χ1) is 9.89. The average Bonchev–Trinajstić information content (AvgIpc) is 2.45. The third kappa shape index (κ3) is 3.50. The molecule has 0 spiro atoms. The van der Waals surface area contributed by atoms with E-state index in [1.165, 1.54) is 6.07 Å². The minimum absolute atomic E-state index is 0.178. The van der Waals surface area contributed by atoms with Crippen LogP contribution in [-0.2, 0) is 12.7 Å². The Labute approximate surface area is 118 Å². The molecular weight excluding hydrogens is 283 g/mol. The van der Waals surface area contributed by atoms with E-state index in [1.54, 1.807) is 24.5 Å². The summed E-state index contributed by atoms with van der Waals surface area (Å²) in [6.07, 6.45) is -1.48. The van der Waals surface area contributed by atoms with Gasteiger partial charge >= 0.3 is 6.18 Å². The predicted octanol–water partition coefficient (Wildman–Crippen LogP) is 2.61. The molecule has 0 aliphatic rings. The van der Waals surface area contributed by atoms with Crippen molar-refractivity contribution in [3.05, 3.63) is 59.4 Å². The SMILES string of the molecule is Nc1c(C(=O)NCc2ccncc2)cccc1C(F)(F)F. The summed E-state index contributed by atoms with van der Waals surface area (Å²) in [5.41, 5.74) is 4.45. The quantitative estimate of drug-likeness (QED) is 0.855. The third-order valence-electron chi connectivity index (χ3n) is 2.86. The zero-order chi connectivity index (χ0) is 15.5. The zero-order valence-electron chi connectivity index (χ0n) is 10.8. The summed E-state index contributed by atoms with van der Waals surface area (Å²) in [5.74, 6) is -0.657. The molecule has 0 saturated heterocycles. The van der Waals surface area contributed by atoms with Crippen LogP contribution < -0.4 is 11.1 Å². The van der Waals surface area contributed by atoms with Gasteiger partial charge in [0.05, 0.1) is 16.8 Å². The van der Waals surface area contributed by atoms with E-state index in [0.717, 1.165) is 17.7 Å². The molecule has 1 heterocycles. The predicted molar refractivity (Wildman–Crippen MR) is 71.3 cm³/mol. The van der Waals surface area contributed by atoms with Crippen molar-refractivity contribution in [2.75, 3.05) is 5.73 Å². The van der Waals surface area contributed by atoms with Gasteiger partial charge < -0.3 is 11.1 Å². The summed E-state index contributed by atoms with van der Waals surface area (Å²) in [6, 6.07) is 6.63. The first-order valence-electron chi connectivity index (χ1n) is 6.02. The average molecular weight is 295 g/mol. The maximum absolute atomic E-state index is 12.7. The van der Waals surface area contributed by atoms with Gasteiger partial charge in [0.15, 0.2) is 0 Å². The summed E-state index contributed by atoms with van der Waals surface area (Å²) < 4.78 is 38.2. The number of alkyl halides is 3. The molecule has 0 aliphatic heterocycles. The molecule has 0 bridgehead atoms. The normalized spacial score (nSPS) is 11.2. The highest BCUT2D eigenvalue weighted by Gasteiger charge is 2.34. The number of halogens is 3. The smallest absolute Gasteiger partial charge is 0.398 e. The molecule has 0 atom stereocenters. The Hall–Kier alpha value is -2.57. The van der Waals surface area contributed by atoms with Crippen molar-refractivity contribution < 1.29 is 18.0 Å². The van der Waals surface area contributed by atoms with Gasteiger partial charge in [-0.1, -0.05) is 6.07 Å². The number of nitrogens with zero attached hydrogens (tertiary/aromatic N) is 1. The van der Waals surface area contributed by atoms with Crippen LogP contribution in [0.1, 0.15) is 21.5 Å². The lowest BCUT2D eigenvalue weighted by Crippen LogP contribution is -2.25. The molecule has 2 rings (SSSR count). The number of benzene rings is 1. The monoisotopic (exact) mass is 295 g/mol. The van der Waals surface area contributed by atoms with E-state index in [4.69, 9.17) is 5.73 Å². The standard InChI is InChI=1S/C14H12F3N3O/c15-14(16,17)11-3-1-2-10(12(11)18)13(21)20-8-9-4-6-19-7-5-9/h1-7H,8,18H2,(H,20,21). The molecular formula is C14H12F3N3O. The minimum Gasteiger partial charge on any atom is -0.398 e. The van der Waals surface area contributed by atoms with Crippen molar-refractivity contribution in [1.29, 1.82) is 0 Å². The number of hydrogen-bond acceptors (Lipinski definition) is 3. The number of nitrogen functional groups attached to an aromatic ring is 1. The van der Waals surface area contributed by atoms with Crippen LogP contribution in [0.25, 0.3) is 0 Å². The fourth-order valence-electron chi connectivity index (χ4n) is 1.79. The minimum atomic E-state index is -4.59. The van der Waals surface area contributed by atoms with Crippen LogP contribution in [0.3, 0.4) is 0 Å². The lowest BCUT2D eigenvalue weighted by atomic mass is 10.1. The van der Waals surface area contributed by atoms with Gasteiger partial charge in [0.25, 0.3) is 5.91 Å².